The molecule has 1 amide bonds. The fourth-order valence-corrected chi connectivity index (χ4v) is 3.55. The number of hydrogen-bond acceptors (Lipinski definition) is 7. The molecule has 5 atom stereocenters. The molecule has 0 aliphatic carbocycles. The minimum atomic E-state index is -1.41. The lowest BCUT2D eigenvalue weighted by molar-refractivity contribution is -0.288. The van der Waals surface area contributed by atoms with Crippen molar-refractivity contribution >= 4 is 17.3 Å². The van der Waals surface area contributed by atoms with E-state index in [0.29, 0.717) is 0 Å². The Balaban J connectivity index is 1.59. The van der Waals surface area contributed by atoms with Crippen molar-refractivity contribution in [1.82, 2.24) is 5.32 Å². The predicted molar refractivity (Wildman–Crippen MR) is 103 cm³/mol. The molecule has 1 aromatic rings. The van der Waals surface area contributed by atoms with Gasteiger partial charge in [-0.3, -0.25) is 9.79 Å². The number of hydrogen-bond donors (Lipinski definition) is 4. The Bertz CT molecular complexity index is 776. The molecule has 0 radical (unpaired) electrons. The molecule has 8 nitrogen and oxygen atoms in total. The maximum Gasteiger partial charge on any atom is 0.224 e. The van der Waals surface area contributed by atoms with Crippen LogP contribution in [0.5, 0.6) is 0 Å². The van der Waals surface area contributed by atoms with Crippen LogP contribution < -0.4 is 5.32 Å². The molecule has 3 rings (SSSR count). The van der Waals surface area contributed by atoms with Gasteiger partial charge >= 0.3 is 0 Å². The molecule has 2 heterocycles. The number of rotatable bonds is 5. The molecule has 5 unspecified atom stereocenters. The van der Waals surface area contributed by atoms with Gasteiger partial charge in [-0.25, -0.2) is 0 Å². The topological polar surface area (TPSA) is 121 Å². The Morgan fingerprint density at radius 2 is 1.96 bits per heavy atom. The van der Waals surface area contributed by atoms with Gasteiger partial charge in [-0.2, -0.15) is 0 Å². The van der Waals surface area contributed by atoms with Gasteiger partial charge in [0.1, 0.15) is 24.4 Å². The third-order valence-corrected chi connectivity index (χ3v) is 5.69. The monoisotopic (exact) mass is 392 g/mol. The summed E-state index contributed by atoms with van der Waals surface area (Å²) in [6, 6.07) is 5.80. The van der Waals surface area contributed by atoms with E-state index in [1.165, 1.54) is 7.11 Å². The van der Waals surface area contributed by atoms with E-state index < -0.39 is 30.7 Å². The summed E-state index contributed by atoms with van der Waals surface area (Å²) in [6.07, 6.45) is -5.88. The zero-order valence-corrected chi connectivity index (χ0v) is 16.5. The number of aliphatic hydroxyl groups is 3. The molecule has 154 valence electrons. The van der Waals surface area contributed by atoms with Gasteiger partial charge in [-0.1, -0.05) is 26.0 Å². The van der Waals surface area contributed by atoms with Gasteiger partial charge in [0.05, 0.1) is 12.1 Å². The highest BCUT2D eigenvalue weighted by molar-refractivity contribution is 5.99. The first-order chi connectivity index (χ1) is 13.1. The van der Waals surface area contributed by atoms with Crippen molar-refractivity contribution in [1.29, 1.82) is 0 Å². The Kier molecular flexibility index (Phi) is 5.88. The van der Waals surface area contributed by atoms with Crippen molar-refractivity contribution in [2.45, 2.75) is 63.3 Å². The van der Waals surface area contributed by atoms with Crippen molar-refractivity contribution in [2.75, 3.05) is 13.7 Å². The fourth-order valence-electron chi connectivity index (χ4n) is 3.55. The number of nitrogens with zero attached hydrogens (tertiary/aromatic N) is 1. The van der Waals surface area contributed by atoms with Gasteiger partial charge in [0.15, 0.2) is 6.29 Å². The molecule has 1 fully saturated rings. The van der Waals surface area contributed by atoms with Gasteiger partial charge in [0, 0.05) is 24.8 Å². The molecule has 28 heavy (non-hydrogen) atoms. The van der Waals surface area contributed by atoms with Crippen LogP contribution in [0.25, 0.3) is 0 Å². The number of fused-ring (bicyclic) bond motifs is 1. The zero-order valence-electron chi connectivity index (χ0n) is 16.5. The molecule has 1 aromatic carbocycles. The fraction of sp³-hybridized carbons (Fsp3) is 0.600. The number of benzene rings is 1. The van der Waals surface area contributed by atoms with Gasteiger partial charge < -0.3 is 30.1 Å². The zero-order chi connectivity index (χ0) is 20.6. The summed E-state index contributed by atoms with van der Waals surface area (Å²) in [7, 11) is 1.33. The van der Waals surface area contributed by atoms with E-state index in [0.717, 1.165) is 22.5 Å². The smallest absolute Gasteiger partial charge is 0.224 e. The molecule has 1 saturated heterocycles. The van der Waals surface area contributed by atoms with E-state index in [-0.39, 0.29) is 24.3 Å². The van der Waals surface area contributed by atoms with Crippen LogP contribution in [-0.2, 0) is 26.1 Å². The minimum Gasteiger partial charge on any atom is -0.388 e. The minimum absolute atomic E-state index is 0.0116. The summed E-state index contributed by atoms with van der Waals surface area (Å²) in [5, 5.41) is 32.4. The number of ether oxygens (including phenoxy) is 2. The highest BCUT2D eigenvalue weighted by Crippen LogP contribution is 2.40. The van der Waals surface area contributed by atoms with Crippen LogP contribution in [0.1, 0.15) is 31.9 Å². The highest BCUT2D eigenvalue weighted by Gasteiger charge is 2.43. The summed E-state index contributed by atoms with van der Waals surface area (Å²) in [6.45, 7) is 6.20. The number of aliphatic hydroxyl groups excluding tert-OH is 3. The largest absolute Gasteiger partial charge is 0.388 e. The predicted octanol–water partition coefficient (Wildman–Crippen LogP) is 0.183. The lowest BCUT2D eigenvalue weighted by atomic mass is 9.81. The second kappa shape index (κ2) is 7.88. The number of methoxy groups -OCH3 is 1. The van der Waals surface area contributed by atoms with Crippen molar-refractivity contribution in [2.24, 2.45) is 4.99 Å². The summed E-state index contributed by atoms with van der Waals surface area (Å²) < 4.78 is 10.4. The Hall–Kier alpha value is -1.84. The van der Waals surface area contributed by atoms with Crippen molar-refractivity contribution < 1.29 is 29.6 Å². The van der Waals surface area contributed by atoms with Gasteiger partial charge in [0.2, 0.25) is 5.91 Å². The van der Waals surface area contributed by atoms with E-state index in [4.69, 9.17) is 9.47 Å². The first-order valence-electron chi connectivity index (χ1n) is 9.33. The van der Waals surface area contributed by atoms with E-state index in [9.17, 15) is 20.1 Å². The number of amides is 1. The average Bonchev–Trinajstić information content (AvgIpc) is 2.88. The van der Waals surface area contributed by atoms with Crippen LogP contribution in [0, 0.1) is 0 Å². The van der Waals surface area contributed by atoms with Crippen LogP contribution in [0.3, 0.4) is 0 Å². The molecule has 0 spiro atoms. The molecule has 2 aliphatic heterocycles. The average molecular weight is 392 g/mol. The maximum atomic E-state index is 12.4. The van der Waals surface area contributed by atoms with Crippen LogP contribution in [0.2, 0.25) is 0 Å². The Morgan fingerprint density at radius 3 is 2.64 bits per heavy atom. The quantitative estimate of drug-likeness (QED) is 0.567. The molecule has 2 aliphatic rings. The third-order valence-electron chi connectivity index (χ3n) is 5.69. The second-order valence-electron chi connectivity index (χ2n) is 7.90. The first-order valence-corrected chi connectivity index (χ1v) is 9.33. The maximum absolute atomic E-state index is 12.4. The van der Waals surface area contributed by atoms with E-state index in [2.05, 4.69) is 24.2 Å². The third kappa shape index (κ3) is 3.83. The standard InChI is InChI=1S/C20H28N2O6/c1-10-20(2,3)12-7-11(5-6-13(12)22-10)8-15(23)21-9-14-16(24)17(25)18(26)19(27-4)28-14/h5-7,14,16-19,24-26H,8-9H2,1-4H3,(H,21,23). The lowest BCUT2D eigenvalue weighted by Crippen LogP contribution is -2.60. The van der Waals surface area contributed by atoms with E-state index in [1.807, 2.05) is 25.1 Å². The van der Waals surface area contributed by atoms with Crippen molar-refractivity contribution in [3.05, 3.63) is 29.3 Å². The molecule has 4 N–H and O–H groups in total. The van der Waals surface area contributed by atoms with Crippen LogP contribution in [-0.4, -0.2) is 71.3 Å². The number of nitrogens with one attached hydrogen (secondary N) is 1. The number of carbonyl (C=O) groups excluding carboxylic acids is 1. The molecule has 0 aromatic heterocycles. The number of carbonyl (C=O) groups is 1. The number of aliphatic imine (C=N–C) groups is 1. The first kappa shape index (κ1) is 20.9. The molecule has 8 heteroatoms. The Labute approximate surface area is 164 Å². The summed E-state index contributed by atoms with van der Waals surface area (Å²) >= 11 is 0. The summed E-state index contributed by atoms with van der Waals surface area (Å²) in [5.74, 6) is -0.237. The summed E-state index contributed by atoms with van der Waals surface area (Å²) in [5.41, 5.74) is 3.78. The van der Waals surface area contributed by atoms with Crippen LogP contribution in [0.15, 0.2) is 23.2 Å². The van der Waals surface area contributed by atoms with Gasteiger partial charge in [0.25, 0.3) is 0 Å². The van der Waals surface area contributed by atoms with E-state index in [1.54, 1.807) is 0 Å². The molecular weight excluding hydrogens is 364 g/mol. The van der Waals surface area contributed by atoms with Gasteiger partial charge in [-0.05, 0) is 24.1 Å². The molecule has 0 saturated carbocycles. The van der Waals surface area contributed by atoms with Gasteiger partial charge in [-0.15, -0.1) is 0 Å². The normalized spacial score (nSPS) is 31.2. The van der Waals surface area contributed by atoms with Crippen molar-refractivity contribution in [3.63, 3.8) is 0 Å². The lowest BCUT2D eigenvalue weighted by Gasteiger charge is -2.39. The Morgan fingerprint density at radius 1 is 1.25 bits per heavy atom. The molecule has 0 bridgehead atoms. The molecular formula is C20H28N2O6. The second-order valence-corrected chi connectivity index (χ2v) is 7.90. The summed E-state index contributed by atoms with van der Waals surface area (Å²) in [4.78, 5) is 16.9. The van der Waals surface area contributed by atoms with Crippen LogP contribution >= 0.6 is 0 Å². The van der Waals surface area contributed by atoms with Crippen molar-refractivity contribution in [3.8, 4) is 0 Å². The van der Waals surface area contributed by atoms with E-state index >= 15 is 0 Å². The van der Waals surface area contributed by atoms with Crippen LogP contribution in [0.4, 0.5) is 5.69 Å². The highest BCUT2D eigenvalue weighted by atomic mass is 16.7. The SMILES string of the molecule is COC1OC(CNC(=O)Cc2ccc3c(c2)C(C)(C)C(C)=N3)C(O)C(O)C1O.